The molecule has 0 aliphatic rings. The molecular formula is C12H19IN2O3. The second kappa shape index (κ2) is 7.08. The highest BCUT2D eigenvalue weighted by Gasteiger charge is 2.07. The minimum atomic E-state index is -0.298. The third kappa shape index (κ3) is 4.24. The molecule has 0 saturated carbocycles. The summed E-state index contributed by atoms with van der Waals surface area (Å²) in [6.07, 6.45) is 2.53. The number of hydrogen-bond acceptors (Lipinski definition) is 3. The van der Waals surface area contributed by atoms with Crippen LogP contribution in [0.1, 0.15) is 20.3 Å². The van der Waals surface area contributed by atoms with Crippen molar-refractivity contribution in [3.63, 3.8) is 0 Å². The molecule has 0 amide bonds. The third-order valence-corrected chi connectivity index (χ3v) is 3.33. The molecule has 1 aromatic heterocycles. The molecule has 0 aromatic carbocycles. The van der Waals surface area contributed by atoms with Crippen molar-refractivity contribution in [2.75, 3.05) is 13.2 Å². The maximum atomic E-state index is 11.8. The predicted octanol–water partition coefficient (Wildman–Crippen LogP) is 1.21. The fraction of sp³-hybridized carbons (Fsp3) is 0.667. The molecule has 1 heterocycles. The van der Waals surface area contributed by atoms with Gasteiger partial charge in [-0.2, -0.15) is 0 Å². The highest BCUT2D eigenvalue weighted by atomic mass is 127. The average Bonchev–Trinajstić information content (AvgIpc) is 2.30. The number of aromatic nitrogens is 2. The molecule has 0 unspecified atom stereocenters. The monoisotopic (exact) mass is 366 g/mol. The number of nitrogens with zero attached hydrogens (tertiary/aromatic N) is 2. The Morgan fingerprint density at radius 1 is 1.33 bits per heavy atom. The molecule has 0 spiro atoms. The van der Waals surface area contributed by atoms with Gasteiger partial charge in [0.05, 0.1) is 16.7 Å². The second-order valence-electron chi connectivity index (χ2n) is 4.62. The van der Waals surface area contributed by atoms with Gasteiger partial charge in [0, 0.05) is 19.9 Å². The summed E-state index contributed by atoms with van der Waals surface area (Å²) in [7, 11) is 1.64. The fourth-order valence-electron chi connectivity index (χ4n) is 1.46. The minimum Gasteiger partial charge on any atom is -0.380 e. The van der Waals surface area contributed by atoms with Gasteiger partial charge in [-0.1, -0.05) is 13.8 Å². The molecule has 1 aromatic rings. The summed E-state index contributed by atoms with van der Waals surface area (Å²) < 4.78 is 8.60. The molecule has 0 aliphatic carbocycles. The first-order valence-electron chi connectivity index (χ1n) is 5.97. The molecule has 1 rings (SSSR count). The Balaban J connectivity index is 2.63. The number of halogens is 1. The largest absolute Gasteiger partial charge is 0.380 e. The normalized spacial score (nSPS) is 11.2. The summed E-state index contributed by atoms with van der Waals surface area (Å²) >= 11 is 1.94. The number of rotatable bonds is 6. The molecule has 102 valence electrons. The Morgan fingerprint density at radius 2 is 2.00 bits per heavy atom. The van der Waals surface area contributed by atoms with Gasteiger partial charge in [0.2, 0.25) is 0 Å². The maximum absolute atomic E-state index is 11.8. The van der Waals surface area contributed by atoms with E-state index in [0.29, 0.717) is 29.2 Å². The van der Waals surface area contributed by atoms with Crippen molar-refractivity contribution >= 4 is 22.6 Å². The lowest BCUT2D eigenvalue weighted by molar-refractivity contribution is 0.114. The lowest BCUT2D eigenvalue weighted by atomic mass is 10.1. The van der Waals surface area contributed by atoms with Crippen LogP contribution in [0.4, 0.5) is 0 Å². The van der Waals surface area contributed by atoms with Crippen LogP contribution in [0.2, 0.25) is 0 Å². The second-order valence-corrected chi connectivity index (χ2v) is 5.78. The maximum Gasteiger partial charge on any atom is 0.330 e. The zero-order valence-electron chi connectivity index (χ0n) is 11.0. The van der Waals surface area contributed by atoms with E-state index < -0.39 is 0 Å². The SMILES string of the molecule is CC(C)CCOCCn1c(=O)c(I)cn(C)c1=O. The van der Waals surface area contributed by atoms with Crippen molar-refractivity contribution in [2.45, 2.75) is 26.8 Å². The zero-order valence-corrected chi connectivity index (χ0v) is 13.1. The summed E-state index contributed by atoms with van der Waals surface area (Å²) in [5.41, 5.74) is -0.543. The van der Waals surface area contributed by atoms with Gasteiger partial charge in [-0.3, -0.25) is 9.36 Å². The molecular weight excluding hydrogens is 347 g/mol. The van der Waals surface area contributed by atoms with Gasteiger partial charge >= 0.3 is 5.69 Å². The van der Waals surface area contributed by atoms with Gasteiger partial charge in [-0.25, -0.2) is 4.79 Å². The molecule has 0 aliphatic heterocycles. The van der Waals surface area contributed by atoms with Crippen LogP contribution < -0.4 is 11.2 Å². The van der Waals surface area contributed by atoms with Crippen LogP contribution >= 0.6 is 22.6 Å². The van der Waals surface area contributed by atoms with Gasteiger partial charge in [0.25, 0.3) is 5.56 Å². The summed E-state index contributed by atoms with van der Waals surface area (Å²) in [5.74, 6) is 0.596. The van der Waals surface area contributed by atoms with Crippen LogP contribution in [-0.4, -0.2) is 22.3 Å². The molecule has 5 nitrogen and oxygen atoms in total. The molecule has 6 heteroatoms. The fourth-order valence-corrected chi connectivity index (χ4v) is 2.17. The molecule has 0 bridgehead atoms. The summed E-state index contributed by atoms with van der Waals surface area (Å²) in [4.78, 5) is 23.6. The summed E-state index contributed by atoms with van der Waals surface area (Å²) in [5, 5.41) is 0. The van der Waals surface area contributed by atoms with Gasteiger partial charge < -0.3 is 9.30 Å². The number of ether oxygens (including phenoxy) is 1. The first kappa shape index (κ1) is 15.4. The van der Waals surface area contributed by atoms with Crippen molar-refractivity contribution < 1.29 is 4.74 Å². The Kier molecular flexibility index (Phi) is 6.07. The zero-order chi connectivity index (χ0) is 13.7. The van der Waals surface area contributed by atoms with Crippen LogP contribution in [-0.2, 0) is 18.3 Å². The highest BCUT2D eigenvalue weighted by Crippen LogP contribution is 1.98. The van der Waals surface area contributed by atoms with E-state index in [1.54, 1.807) is 13.2 Å². The van der Waals surface area contributed by atoms with E-state index in [1.807, 2.05) is 22.6 Å². The van der Waals surface area contributed by atoms with E-state index in [-0.39, 0.29) is 11.2 Å². The molecule has 0 atom stereocenters. The number of aryl methyl sites for hydroxylation is 1. The van der Waals surface area contributed by atoms with Crippen molar-refractivity contribution in [3.05, 3.63) is 30.6 Å². The van der Waals surface area contributed by atoms with Crippen LogP contribution in [0, 0.1) is 9.49 Å². The standard InChI is InChI=1S/C12H19IN2O3/c1-9(2)4-6-18-7-5-15-11(16)10(13)8-14(3)12(15)17/h8-9H,4-7H2,1-3H3. The first-order chi connectivity index (χ1) is 8.43. The summed E-state index contributed by atoms with van der Waals surface area (Å²) in [6, 6.07) is 0. The first-order valence-corrected chi connectivity index (χ1v) is 7.05. The van der Waals surface area contributed by atoms with Crippen LogP contribution in [0.3, 0.4) is 0 Å². The van der Waals surface area contributed by atoms with Gasteiger partial charge in [0.15, 0.2) is 0 Å². The van der Waals surface area contributed by atoms with Gasteiger partial charge in [0.1, 0.15) is 0 Å². The van der Waals surface area contributed by atoms with Crippen LogP contribution in [0.15, 0.2) is 15.8 Å². The molecule has 0 fully saturated rings. The quantitative estimate of drug-likeness (QED) is 0.562. The van der Waals surface area contributed by atoms with Crippen molar-refractivity contribution in [2.24, 2.45) is 13.0 Å². The van der Waals surface area contributed by atoms with Crippen LogP contribution in [0.25, 0.3) is 0 Å². The minimum absolute atomic E-state index is 0.244. The molecule has 0 radical (unpaired) electrons. The van der Waals surface area contributed by atoms with Crippen molar-refractivity contribution in [1.82, 2.24) is 9.13 Å². The number of hydrogen-bond donors (Lipinski definition) is 0. The van der Waals surface area contributed by atoms with Crippen molar-refractivity contribution in [3.8, 4) is 0 Å². The molecule has 0 saturated heterocycles. The summed E-state index contributed by atoms with van der Waals surface area (Å²) in [6.45, 7) is 5.62. The topological polar surface area (TPSA) is 53.2 Å². The molecule has 0 N–H and O–H groups in total. The Morgan fingerprint density at radius 3 is 2.61 bits per heavy atom. The van der Waals surface area contributed by atoms with Gasteiger partial charge in [-0.05, 0) is 34.9 Å². The van der Waals surface area contributed by atoms with E-state index in [1.165, 1.54) is 9.13 Å². The lowest BCUT2D eigenvalue weighted by Gasteiger charge is -2.09. The predicted molar refractivity (Wildman–Crippen MR) is 78.9 cm³/mol. The van der Waals surface area contributed by atoms with Crippen LogP contribution in [0.5, 0.6) is 0 Å². The van der Waals surface area contributed by atoms with Crippen molar-refractivity contribution in [1.29, 1.82) is 0 Å². The molecule has 18 heavy (non-hydrogen) atoms. The van der Waals surface area contributed by atoms with E-state index in [2.05, 4.69) is 13.8 Å². The van der Waals surface area contributed by atoms with E-state index in [0.717, 1.165) is 6.42 Å². The van der Waals surface area contributed by atoms with E-state index in [4.69, 9.17) is 4.74 Å². The Bertz CT molecular complexity index is 471. The van der Waals surface area contributed by atoms with Gasteiger partial charge in [-0.15, -0.1) is 0 Å². The Labute approximate surface area is 120 Å². The lowest BCUT2D eigenvalue weighted by Crippen LogP contribution is -2.40. The van der Waals surface area contributed by atoms with E-state index in [9.17, 15) is 9.59 Å². The smallest absolute Gasteiger partial charge is 0.330 e. The highest BCUT2D eigenvalue weighted by molar-refractivity contribution is 14.1. The van der Waals surface area contributed by atoms with E-state index >= 15 is 0 Å². The Hall–Kier alpha value is -0.630. The average molecular weight is 366 g/mol. The third-order valence-electron chi connectivity index (χ3n) is 2.59.